The number of aromatic nitrogens is 2. The topological polar surface area (TPSA) is 64.4 Å². The number of thioether (sulfide) groups is 1. The van der Waals surface area contributed by atoms with E-state index in [-0.39, 0.29) is 11.8 Å². The molecule has 0 bridgehead atoms. The van der Waals surface area contributed by atoms with Crippen LogP contribution in [0, 0.1) is 0 Å². The number of ether oxygens (including phenoxy) is 1. The minimum Gasteiger partial charge on any atom is -0.494 e. The Morgan fingerprint density at radius 1 is 1.04 bits per heavy atom. The summed E-state index contributed by atoms with van der Waals surface area (Å²) in [6, 6.07) is 15.9. The summed E-state index contributed by atoms with van der Waals surface area (Å²) in [5.74, 6) is 1.28. The van der Waals surface area contributed by atoms with Gasteiger partial charge in [-0.2, -0.15) is 0 Å². The summed E-state index contributed by atoms with van der Waals surface area (Å²) in [5, 5.41) is 0.837. The van der Waals surface area contributed by atoms with E-state index in [1.54, 1.807) is 11.8 Å². The number of carbonyl (C=O) groups is 2. The second kappa shape index (κ2) is 8.06. The van der Waals surface area contributed by atoms with E-state index in [0.29, 0.717) is 31.7 Å². The van der Waals surface area contributed by atoms with E-state index in [0.717, 1.165) is 27.6 Å². The molecule has 6 nitrogen and oxygen atoms in total. The SMILES string of the molecule is CCOc1ccc(-n2c(SCCN3C(=O)CCC3=O)nc3ccccc32)cc1. The summed E-state index contributed by atoms with van der Waals surface area (Å²) in [4.78, 5) is 29.7. The van der Waals surface area contributed by atoms with E-state index in [9.17, 15) is 9.59 Å². The van der Waals surface area contributed by atoms with Gasteiger partial charge >= 0.3 is 0 Å². The Labute approximate surface area is 167 Å². The summed E-state index contributed by atoms with van der Waals surface area (Å²) in [6.07, 6.45) is 0.655. The van der Waals surface area contributed by atoms with Crippen molar-refractivity contribution in [2.75, 3.05) is 18.9 Å². The van der Waals surface area contributed by atoms with E-state index < -0.39 is 0 Å². The van der Waals surface area contributed by atoms with Gasteiger partial charge in [-0.1, -0.05) is 23.9 Å². The second-order valence-corrected chi connectivity index (χ2v) is 7.50. The molecule has 1 aromatic heterocycles. The Balaban J connectivity index is 1.60. The van der Waals surface area contributed by atoms with Crippen LogP contribution in [-0.2, 0) is 9.59 Å². The van der Waals surface area contributed by atoms with Gasteiger partial charge in [-0.3, -0.25) is 19.1 Å². The quantitative estimate of drug-likeness (QED) is 0.451. The number of benzene rings is 2. The summed E-state index contributed by atoms with van der Waals surface area (Å²) in [6.45, 7) is 3.00. The zero-order chi connectivity index (χ0) is 19.5. The van der Waals surface area contributed by atoms with E-state index in [1.165, 1.54) is 4.90 Å². The van der Waals surface area contributed by atoms with E-state index >= 15 is 0 Å². The van der Waals surface area contributed by atoms with Gasteiger partial charge in [0.25, 0.3) is 0 Å². The fraction of sp³-hybridized carbons (Fsp3) is 0.286. The van der Waals surface area contributed by atoms with Crippen molar-refractivity contribution >= 4 is 34.6 Å². The Bertz CT molecular complexity index is 997. The molecule has 1 fully saturated rings. The first-order valence-electron chi connectivity index (χ1n) is 9.34. The molecule has 144 valence electrons. The van der Waals surface area contributed by atoms with Crippen LogP contribution in [0.4, 0.5) is 0 Å². The Hall–Kier alpha value is -2.80. The number of rotatable bonds is 7. The van der Waals surface area contributed by atoms with Crippen molar-refractivity contribution in [1.29, 1.82) is 0 Å². The third-order valence-electron chi connectivity index (χ3n) is 4.64. The van der Waals surface area contributed by atoms with Gasteiger partial charge in [0.2, 0.25) is 11.8 Å². The molecule has 7 heteroatoms. The van der Waals surface area contributed by atoms with Crippen molar-refractivity contribution in [3.05, 3.63) is 48.5 Å². The van der Waals surface area contributed by atoms with E-state index in [1.807, 2.05) is 55.5 Å². The summed E-state index contributed by atoms with van der Waals surface area (Å²) >= 11 is 1.55. The molecular formula is C21H21N3O3S. The van der Waals surface area contributed by atoms with Crippen molar-refractivity contribution in [2.24, 2.45) is 0 Å². The average Bonchev–Trinajstić information content (AvgIpc) is 3.23. The number of carbonyl (C=O) groups excluding carboxylic acids is 2. The van der Waals surface area contributed by atoms with Crippen LogP contribution >= 0.6 is 11.8 Å². The molecule has 0 aliphatic carbocycles. The number of nitrogens with zero attached hydrogens (tertiary/aromatic N) is 3. The molecular weight excluding hydrogens is 374 g/mol. The Morgan fingerprint density at radius 3 is 2.46 bits per heavy atom. The molecule has 2 heterocycles. The third kappa shape index (κ3) is 3.62. The lowest BCUT2D eigenvalue weighted by Crippen LogP contribution is -2.31. The zero-order valence-corrected chi connectivity index (χ0v) is 16.4. The predicted molar refractivity (Wildman–Crippen MR) is 109 cm³/mol. The highest BCUT2D eigenvalue weighted by atomic mass is 32.2. The number of imide groups is 1. The van der Waals surface area contributed by atoms with Crippen molar-refractivity contribution in [3.8, 4) is 11.4 Å². The monoisotopic (exact) mass is 395 g/mol. The molecule has 0 atom stereocenters. The van der Waals surface area contributed by atoms with Gasteiger partial charge in [0.05, 0.1) is 17.6 Å². The van der Waals surface area contributed by atoms with Gasteiger partial charge < -0.3 is 4.74 Å². The lowest BCUT2D eigenvalue weighted by Gasteiger charge is -2.14. The molecule has 0 N–H and O–H groups in total. The minimum absolute atomic E-state index is 0.0781. The highest BCUT2D eigenvalue weighted by Gasteiger charge is 2.28. The van der Waals surface area contributed by atoms with Crippen LogP contribution in [-0.4, -0.2) is 45.2 Å². The number of fused-ring (bicyclic) bond motifs is 1. The molecule has 0 saturated carbocycles. The molecule has 2 aromatic carbocycles. The maximum Gasteiger partial charge on any atom is 0.229 e. The summed E-state index contributed by atoms with van der Waals surface area (Å²) in [5.41, 5.74) is 2.92. The first-order chi connectivity index (χ1) is 13.7. The second-order valence-electron chi connectivity index (χ2n) is 6.43. The number of hydrogen-bond acceptors (Lipinski definition) is 5. The molecule has 1 aliphatic heterocycles. The van der Waals surface area contributed by atoms with E-state index in [4.69, 9.17) is 9.72 Å². The summed E-state index contributed by atoms with van der Waals surface area (Å²) in [7, 11) is 0. The maximum absolute atomic E-state index is 11.8. The number of para-hydroxylation sites is 2. The molecule has 2 amide bonds. The maximum atomic E-state index is 11.8. The molecule has 0 unspecified atom stereocenters. The molecule has 4 rings (SSSR count). The van der Waals surface area contributed by atoms with Crippen LogP contribution in [0.1, 0.15) is 19.8 Å². The fourth-order valence-electron chi connectivity index (χ4n) is 3.31. The van der Waals surface area contributed by atoms with Gasteiger partial charge in [-0.25, -0.2) is 4.98 Å². The van der Waals surface area contributed by atoms with Gasteiger partial charge in [0.1, 0.15) is 5.75 Å². The highest BCUT2D eigenvalue weighted by molar-refractivity contribution is 7.99. The number of amides is 2. The Kier molecular flexibility index (Phi) is 5.34. The minimum atomic E-state index is -0.0781. The lowest BCUT2D eigenvalue weighted by atomic mass is 10.2. The third-order valence-corrected chi connectivity index (χ3v) is 5.56. The Morgan fingerprint density at radius 2 is 1.75 bits per heavy atom. The first-order valence-corrected chi connectivity index (χ1v) is 10.3. The van der Waals surface area contributed by atoms with Crippen molar-refractivity contribution in [3.63, 3.8) is 0 Å². The van der Waals surface area contributed by atoms with Gasteiger partial charge in [0, 0.05) is 30.8 Å². The lowest BCUT2D eigenvalue weighted by molar-refractivity contribution is -0.137. The largest absolute Gasteiger partial charge is 0.494 e. The number of hydrogen-bond donors (Lipinski definition) is 0. The van der Waals surface area contributed by atoms with E-state index in [2.05, 4.69) is 4.57 Å². The molecule has 1 saturated heterocycles. The normalized spacial score (nSPS) is 14.2. The van der Waals surface area contributed by atoms with Gasteiger partial charge in [-0.05, 0) is 43.3 Å². The van der Waals surface area contributed by atoms with Crippen LogP contribution in [0.15, 0.2) is 53.7 Å². The van der Waals surface area contributed by atoms with Crippen LogP contribution in [0.2, 0.25) is 0 Å². The van der Waals surface area contributed by atoms with Crippen molar-refractivity contribution in [1.82, 2.24) is 14.5 Å². The van der Waals surface area contributed by atoms with Crippen LogP contribution < -0.4 is 4.74 Å². The smallest absolute Gasteiger partial charge is 0.229 e. The van der Waals surface area contributed by atoms with Gasteiger partial charge in [0.15, 0.2) is 5.16 Å². The first kappa shape index (κ1) is 18.6. The summed E-state index contributed by atoms with van der Waals surface area (Å²) < 4.78 is 7.64. The zero-order valence-electron chi connectivity index (χ0n) is 15.6. The standard InChI is InChI=1S/C21H21N3O3S/c1-2-27-16-9-7-15(8-10-16)24-18-6-4-3-5-17(18)22-21(24)28-14-13-23-19(25)11-12-20(23)26/h3-10H,2,11-14H2,1H3. The van der Waals surface area contributed by atoms with Crippen molar-refractivity contribution < 1.29 is 14.3 Å². The predicted octanol–water partition coefficient (Wildman–Crippen LogP) is 3.67. The van der Waals surface area contributed by atoms with Crippen LogP contribution in [0.5, 0.6) is 5.75 Å². The molecule has 1 aliphatic rings. The van der Waals surface area contributed by atoms with Crippen LogP contribution in [0.25, 0.3) is 16.7 Å². The number of likely N-dealkylation sites (tertiary alicyclic amines) is 1. The molecule has 0 radical (unpaired) electrons. The molecule has 3 aromatic rings. The molecule has 28 heavy (non-hydrogen) atoms. The molecule has 0 spiro atoms. The van der Waals surface area contributed by atoms with Crippen LogP contribution in [0.3, 0.4) is 0 Å². The fourth-order valence-corrected chi connectivity index (χ4v) is 4.26. The number of imidazole rings is 1. The van der Waals surface area contributed by atoms with Crippen molar-refractivity contribution in [2.45, 2.75) is 24.9 Å². The van der Waals surface area contributed by atoms with Gasteiger partial charge in [-0.15, -0.1) is 0 Å². The highest BCUT2D eigenvalue weighted by Crippen LogP contribution is 2.29. The average molecular weight is 395 g/mol.